The molecule has 3 heteroatoms. The van der Waals surface area contributed by atoms with Crippen LogP contribution in [-0.4, -0.2) is 50.8 Å². The lowest BCUT2D eigenvalue weighted by Crippen LogP contribution is -2.36. The molecule has 0 spiro atoms. The summed E-state index contributed by atoms with van der Waals surface area (Å²) in [5, 5.41) is 0. The molecule has 0 aliphatic carbocycles. The molecule has 2 fully saturated rings. The molecule has 2 aliphatic rings. The van der Waals surface area contributed by atoms with Crippen LogP contribution in [-0.2, 0) is 11.2 Å². The maximum absolute atomic E-state index is 5.41. The SMILES string of the molecule is Cc1cc(N2CCCCC2)ccc1CCCN1CCOCC1. The lowest BCUT2D eigenvalue weighted by molar-refractivity contribution is 0.0374. The highest BCUT2D eigenvalue weighted by molar-refractivity contribution is 5.51. The molecule has 0 radical (unpaired) electrons. The van der Waals surface area contributed by atoms with E-state index in [9.17, 15) is 0 Å². The first-order valence-corrected chi connectivity index (χ1v) is 8.97. The normalized spacial score (nSPS) is 20.3. The first-order valence-electron chi connectivity index (χ1n) is 8.97. The maximum atomic E-state index is 5.41. The van der Waals surface area contributed by atoms with Gasteiger partial charge in [0.25, 0.3) is 0 Å². The summed E-state index contributed by atoms with van der Waals surface area (Å²) >= 11 is 0. The molecule has 22 heavy (non-hydrogen) atoms. The van der Waals surface area contributed by atoms with Crippen LogP contribution in [0.25, 0.3) is 0 Å². The number of nitrogens with zero attached hydrogens (tertiary/aromatic N) is 2. The molecule has 3 nitrogen and oxygen atoms in total. The lowest BCUT2D eigenvalue weighted by atomic mass is 10.0. The van der Waals surface area contributed by atoms with Gasteiger partial charge in [0.1, 0.15) is 0 Å². The summed E-state index contributed by atoms with van der Waals surface area (Å²) in [5.41, 5.74) is 4.41. The largest absolute Gasteiger partial charge is 0.379 e. The van der Waals surface area contributed by atoms with Gasteiger partial charge in [-0.3, -0.25) is 4.90 Å². The molecule has 3 rings (SSSR count). The van der Waals surface area contributed by atoms with Gasteiger partial charge < -0.3 is 9.64 Å². The standard InChI is InChI=1S/C19H30N2O/c1-17-16-19(21-10-3-2-4-11-21)8-7-18(17)6-5-9-20-12-14-22-15-13-20/h7-8,16H,2-6,9-15H2,1H3. The molecule has 0 saturated carbocycles. The van der Waals surface area contributed by atoms with Crippen LogP contribution in [0.3, 0.4) is 0 Å². The molecule has 0 unspecified atom stereocenters. The van der Waals surface area contributed by atoms with Gasteiger partial charge in [0.2, 0.25) is 0 Å². The van der Waals surface area contributed by atoms with Gasteiger partial charge >= 0.3 is 0 Å². The Labute approximate surface area is 135 Å². The van der Waals surface area contributed by atoms with Gasteiger partial charge in [-0.25, -0.2) is 0 Å². The highest BCUT2D eigenvalue weighted by atomic mass is 16.5. The van der Waals surface area contributed by atoms with Gasteiger partial charge in [-0.1, -0.05) is 6.07 Å². The van der Waals surface area contributed by atoms with E-state index in [-0.39, 0.29) is 0 Å². The van der Waals surface area contributed by atoms with Gasteiger partial charge in [-0.05, 0) is 68.8 Å². The third-order valence-corrected chi connectivity index (χ3v) is 5.07. The number of hydrogen-bond donors (Lipinski definition) is 0. The van der Waals surface area contributed by atoms with Crippen molar-refractivity contribution < 1.29 is 4.74 Å². The summed E-state index contributed by atoms with van der Waals surface area (Å²) in [5.74, 6) is 0. The minimum atomic E-state index is 0.906. The summed E-state index contributed by atoms with van der Waals surface area (Å²) in [6.45, 7) is 9.96. The van der Waals surface area contributed by atoms with Crippen molar-refractivity contribution in [2.75, 3.05) is 50.8 Å². The maximum Gasteiger partial charge on any atom is 0.0594 e. The zero-order valence-electron chi connectivity index (χ0n) is 14.0. The third-order valence-electron chi connectivity index (χ3n) is 5.07. The number of aryl methyl sites for hydroxylation is 2. The van der Waals surface area contributed by atoms with Crippen LogP contribution in [0, 0.1) is 6.92 Å². The van der Waals surface area contributed by atoms with E-state index in [1.165, 1.54) is 68.6 Å². The molecule has 2 saturated heterocycles. The molecule has 0 atom stereocenters. The van der Waals surface area contributed by atoms with Crippen molar-refractivity contribution in [2.24, 2.45) is 0 Å². The predicted octanol–water partition coefficient (Wildman–Crippen LogP) is 3.25. The molecule has 1 aromatic rings. The van der Waals surface area contributed by atoms with Gasteiger partial charge in [0.05, 0.1) is 13.2 Å². The minimum Gasteiger partial charge on any atom is -0.379 e. The van der Waals surface area contributed by atoms with Crippen LogP contribution in [0.15, 0.2) is 18.2 Å². The summed E-state index contributed by atoms with van der Waals surface area (Å²) in [7, 11) is 0. The van der Waals surface area contributed by atoms with E-state index in [1.807, 2.05) is 0 Å². The molecule has 0 amide bonds. The van der Waals surface area contributed by atoms with E-state index < -0.39 is 0 Å². The van der Waals surface area contributed by atoms with Crippen molar-refractivity contribution in [3.8, 4) is 0 Å². The van der Waals surface area contributed by atoms with Crippen LogP contribution in [0.5, 0.6) is 0 Å². The number of hydrogen-bond acceptors (Lipinski definition) is 3. The van der Waals surface area contributed by atoms with Gasteiger partial charge in [-0.2, -0.15) is 0 Å². The molecular formula is C19H30N2O. The number of benzene rings is 1. The van der Waals surface area contributed by atoms with Gasteiger partial charge in [-0.15, -0.1) is 0 Å². The van der Waals surface area contributed by atoms with Gasteiger partial charge in [0, 0.05) is 31.9 Å². The van der Waals surface area contributed by atoms with Crippen LogP contribution in [0.4, 0.5) is 5.69 Å². The Morgan fingerprint density at radius 2 is 1.77 bits per heavy atom. The monoisotopic (exact) mass is 302 g/mol. The topological polar surface area (TPSA) is 15.7 Å². The summed E-state index contributed by atoms with van der Waals surface area (Å²) < 4.78 is 5.41. The number of ether oxygens (including phenoxy) is 1. The average molecular weight is 302 g/mol. The van der Waals surface area contributed by atoms with Crippen LogP contribution in [0.1, 0.15) is 36.8 Å². The Morgan fingerprint density at radius 1 is 1.00 bits per heavy atom. The zero-order valence-corrected chi connectivity index (χ0v) is 14.0. The number of anilines is 1. The quantitative estimate of drug-likeness (QED) is 0.830. The Kier molecular flexibility index (Phi) is 5.74. The second-order valence-electron chi connectivity index (χ2n) is 6.72. The second-order valence-corrected chi connectivity index (χ2v) is 6.72. The van der Waals surface area contributed by atoms with Crippen LogP contribution in [0.2, 0.25) is 0 Å². The van der Waals surface area contributed by atoms with E-state index in [1.54, 1.807) is 0 Å². The van der Waals surface area contributed by atoms with Crippen molar-refractivity contribution in [3.63, 3.8) is 0 Å². The Morgan fingerprint density at radius 3 is 2.50 bits per heavy atom. The molecule has 122 valence electrons. The fourth-order valence-electron chi connectivity index (χ4n) is 3.63. The van der Waals surface area contributed by atoms with Crippen molar-refractivity contribution in [2.45, 2.75) is 39.0 Å². The first-order chi connectivity index (χ1) is 10.8. The van der Waals surface area contributed by atoms with E-state index in [0.717, 1.165) is 26.3 Å². The van der Waals surface area contributed by atoms with E-state index in [4.69, 9.17) is 4.74 Å². The average Bonchev–Trinajstić information content (AvgIpc) is 2.58. The molecule has 2 heterocycles. The van der Waals surface area contributed by atoms with Gasteiger partial charge in [0.15, 0.2) is 0 Å². The van der Waals surface area contributed by atoms with Crippen molar-refractivity contribution >= 4 is 5.69 Å². The van der Waals surface area contributed by atoms with Crippen LogP contribution >= 0.6 is 0 Å². The fourth-order valence-corrected chi connectivity index (χ4v) is 3.63. The number of morpholine rings is 1. The summed E-state index contributed by atoms with van der Waals surface area (Å²) in [6.07, 6.45) is 6.54. The van der Waals surface area contributed by atoms with Crippen molar-refractivity contribution in [1.29, 1.82) is 0 Å². The van der Waals surface area contributed by atoms with E-state index in [0.29, 0.717) is 0 Å². The molecule has 0 N–H and O–H groups in total. The summed E-state index contributed by atoms with van der Waals surface area (Å²) in [6, 6.07) is 7.09. The van der Waals surface area contributed by atoms with Crippen molar-refractivity contribution in [1.82, 2.24) is 4.90 Å². The summed E-state index contributed by atoms with van der Waals surface area (Å²) in [4.78, 5) is 5.08. The Bertz CT molecular complexity index is 463. The Hall–Kier alpha value is -1.06. The molecule has 0 bridgehead atoms. The zero-order chi connectivity index (χ0) is 15.2. The first kappa shape index (κ1) is 15.8. The molecule has 2 aliphatic heterocycles. The molecule has 0 aromatic heterocycles. The fraction of sp³-hybridized carbons (Fsp3) is 0.684. The van der Waals surface area contributed by atoms with Crippen molar-refractivity contribution in [3.05, 3.63) is 29.3 Å². The number of rotatable bonds is 5. The lowest BCUT2D eigenvalue weighted by Gasteiger charge is -2.29. The van der Waals surface area contributed by atoms with E-state index >= 15 is 0 Å². The highest BCUT2D eigenvalue weighted by Crippen LogP contribution is 2.23. The Balaban J connectivity index is 1.50. The second kappa shape index (κ2) is 7.98. The number of piperidine rings is 1. The minimum absolute atomic E-state index is 0.906. The van der Waals surface area contributed by atoms with E-state index in [2.05, 4.69) is 34.9 Å². The highest BCUT2D eigenvalue weighted by Gasteiger charge is 2.12. The predicted molar refractivity (Wildman–Crippen MR) is 92.8 cm³/mol. The molecule has 1 aromatic carbocycles. The smallest absolute Gasteiger partial charge is 0.0594 e. The third kappa shape index (κ3) is 4.23. The molecular weight excluding hydrogens is 272 g/mol. The van der Waals surface area contributed by atoms with Crippen LogP contribution < -0.4 is 4.90 Å².